The molecule has 0 spiro atoms. The normalized spacial score (nSPS) is 18.0. The van der Waals surface area contributed by atoms with Crippen LogP contribution in [0.1, 0.15) is 48.9 Å². The van der Waals surface area contributed by atoms with Crippen molar-refractivity contribution in [1.29, 1.82) is 0 Å². The number of hydrogen-bond donors (Lipinski definition) is 2. The van der Waals surface area contributed by atoms with Gasteiger partial charge >= 0.3 is 0 Å². The Labute approximate surface area is 91.1 Å². The van der Waals surface area contributed by atoms with E-state index in [-0.39, 0.29) is 6.04 Å². The molecule has 1 unspecified atom stereocenters. The van der Waals surface area contributed by atoms with E-state index < -0.39 is 0 Å². The number of benzene rings is 1. The van der Waals surface area contributed by atoms with E-state index in [0.29, 0.717) is 5.75 Å². The van der Waals surface area contributed by atoms with E-state index in [4.69, 9.17) is 5.73 Å². The molecule has 1 aliphatic carbocycles. The minimum Gasteiger partial charge on any atom is -0.508 e. The Hall–Kier alpha value is -1.02. The molecule has 0 saturated heterocycles. The summed E-state index contributed by atoms with van der Waals surface area (Å²) < 4.78 is 0. The Bertz CT molecular complexity index is 358. The average Bonchev–Trinajstić information content (AvgIpc) is 2.41. The van der Waals surface area contributed by atoms with Gasteiger partial charge in [0.25, 0.3) is 0 Å². The lowest BCUT2D eigenvalue weighted by Gasteiger charge is -2.16. The van der Waals surface area contributed by atoms with Crippen LogP contribution in [0.25, 0.3) is 0 Å². The molecule has 2 rings (SSSR count). The second-order valence-electron chi connectivity index (χ2n) is 4.49. The second-order valence-corrected chi connectivity index (χ2v) is 4.49. The van der Waals surface area contributed by atoms with Gasteiger partial charge in [-0.15, -0.1) is 0 Å². The van der Waals surface area contributed by atoms with Crippen molar-refractivity contribution >= 4 is 0 Å². The average molecular weight is 205 g/mol. The van der Waals surface area contributed by atoms with Crippen LogP contribution >= 0.6 is 0 Å². The maximum absolute atomic E-state index is 9.85. The first-order valence-electron chi connectivity index (χ1n) is 5.79. The molecule has 0 amide bonds. The van der Waals surface area contributed by atoms with E-state index >= 15 is 0 Å². The molecule has 0 heterocycles. The van der Waals surface area contributed by atoms with E-state index in [2.05, 4.69) is 6.07 Å². The van der Waals surface area contributed by atoms with Crippen LogP contribution in [0, 0.1) is 0 Å². The first-order chi connectivity index (χ1) is 7.20. The monoisotopic (exact) mass is 205 g/mol. The molecule has 1 aromatic rings. The quantitative estimate of drug-likeness (QED) is 0.692. The van der Waals surface area contributed by atoms with Gasteiger partial charge in [0.15, 0.2) is 0 Å². The number of fused-ring (bicyclic) bond motifs is 1. The zero-order valence-corrected chi connectivity index (χ0v) is 9.29. The van der Waals surface area contributed by atoms with Gasteiger partial charge in [-0.3, -0.25) is 0 Å². The summed E-state index contributed by atoms with van der Waals surface area (Å²) in [6, 6.07) is 3.78. The van der Waals surface area contributed by atoms with Crippen molar-refractivity contribution < 1.29 is 5.11 Å². The lowest BCUT2D eigenvalue weighted by molar-refractivity contribution is 0.462. The van der Waals surface area contributed by atoms with Crippen LogP contribution in [-0.2, 0) is 12.8 Å². The highest BCUT2D eigenvalue weighted by Gasteiger charge is 2.17. The zero-order valence-electron chi connectivity index (χ0n) is 9.29. The second kappa shape index (κ2) is 4.23. The first-order valence-corrected chi connectivity index (χ1v) is 5.79. The molecule has 0 aliphatic heterocycles. The molecule has 0 aromatic heterocycles. The van der Waals surface area contributed by atoms with E-state index in [1.807, 2.05) is 6.92 Å². The van der Waals surface area contributed by atoms with Crippen LogP contribution in [0.15, 0.2) is 12.1 Å². The topological polar surface area (TPSA) is 46.2 Å². The van der Waals surface area contributed by atoms with Crippen LogP contribution in [-0.4, -0.2) is 5.11 Å². The predicted molar refractivity (Wildman–Crippen MR) is 62.0 cm³/mol. The van der Waals surface area contributed by atoms with E-state index in [0.717, 1.165) is 18.4 Å². The SMILES string of the molecule is CC(N)c1c(O)ccc2c1CCCCC2. The van der Waals surface area contributed by atoms with Crippen molar-refractivity contribution in [1.82, 2.24) is 0 Å². The first kappa shape index (κ1) is 10.5. The highest BCUT2D eigenvalue weighted by Crippen LogP contribution is 2.32. The summed E-state index contributed by atoms with van der Waals surface area (Å²) in [5.41, 5.74) is 9.59. The highest BCUT2D eigenvalue weighted by molar-refractivity contribution is 5.46. The molecule has 1 atom stereocenters. The number of nitrogens with two attached hydrogens (primary N) is 1. The fourth-order valence-corrected chi connectivity index (χ4v) is 2.53. The Morgan fingerprint density at radius 3 is 2.67 bits per heavy atom. The summed E-state index contributed by atoms with van der Waals surface area (Å²) in [5.74, 6) is 0.366. The fourth-order valence-electron chi connectivity index (χ4n) is 2.53. The summed E-state index contributed by atoms with van der Waals surface area (Å²) in [6.07, 6.45) is 5.97. The smallest absolute Gasteiger partial charge is 0.120 e. The summed E-state index contributed by atoms with van der Waals surface area (Å²) in [5, 5.41) is 9.85. The number of hydrogen-bond acceptors (Lipinski definition) is 2. The molecule has 2 heteroatoms. The molecule has 15 heavy (non-hydrogen) atoms. The molecular weight excluding hydrogens is 186 g/mol. The maximum Gasteiger partial charge on any atom is 0.120 e. The van der Waals surface area contributed by atoms with Crippen molar-refractivity contribution in [2.45, 2.75) is 45.1 Å². The maximum atomic E-state index is 9.85. The lowest BCUT2D eigenvalue weighted by Crippen LogP contribution is -2.10. The fraction of sp³-hybridized carbons (Fsp3) is 0.538. The predicted octanol–water partition coefficient (Wildman–Crippen LogP) is 2.68. The van der Waals surface area contributed by atoms with Gasteiger partial charge in [-0.1, -0.05) is 12.5 Å². The summed E-state index contributed by atoms with van der Waals surface area (Å²) in [6.45, 7) is 1.94. The summed E-state index contributed by atoms with van der Waals surface area (Å²) in [7, 11) is 0. The minimum absolute atomic E-state index is 0.0713. The number of aryl methyl sites for hydroxylation is 1. The van der Waals surface area contributed by atoms with Gasteiger partial charge in [0.2, 0.25) is 0 Å². The molecule has 0 saturated carbocycles. The number of aromatic hydroxyl groups is 1. The van der Waals surface area contributed by atoms with Crippen LogP contribution < -0.4 is 5.73 Å². The van der Waals surface area contributed by atoms with Crippen molar-refractivity contribution in [2.75, 3.05) is 0 Å². The van der Waals surface area contributed by atoms with Gasteiger partial charge in [0.1, 0.15) is 5.75 Å². The Morgan fingerprint density at radius 1 is 1.20 bits per heavy atom. The van der Waals surface area contributed by atoms with Gasteiger partial charge < -0.3 is 10.8 Å². The van der Waals surface area contributed by atoms with Gasteiger partial charge in [-0.25, -0.2) is 0 Å². The molecule has 2 nitrogen and oxygen atoms in total. The summed E-state index contributed by atoms with van der Waals surface area (Å²) in [4.78, 5) is 0. The molecule has 3 N–H and O–H groups in total. The van der Waals surface area contributed by atoms with E-state index in [1.165, 1.54) is 30.4 Å². The minimum atomic E-state index is -0.0713. The van der Waals surface area contributed by atoms with Crippen molar-refractivity contribution in [3.63, 3.8) is 0 Å². The number of phenolic OH excluding ortho intramolecular Hbond substituents is 1. The Kier molecular flexibility index (Phi) is 2.96. The molecule has 0 fully saturated rings. The third kappa shape index (κ3) is 2.00. The third-order valence-corrected chi connectivity index (χ3v) is 3.26. The van der Waals surface area contributed by atoms with Crippen molar-refractivity contribution in [2.24, 2.45) is 5.73 Å². The standard InChI is InChI=1S/C13H19NO/c1-9(14)13-11-6-4-2-3-5-10(11)7-8-12(13)15/h7-9,15H,2-6,14H2,1H3. The Balaban J connectivity index is 2.51. The van der Waals surface area contributed by atoms with Crippen LogP contribution in [0.5, 0.6) is 5.75 Å². The van der Waals surface area contributed by atoms with Gasteiger partial charge in [-0.2, -0.15) is 0 Å². The van der Waals surface area contributed by atoms with E-state index in [1.54, 1.807) is 6.07 Å². The number of rotatable bonds is 1. The summed E-state index contributed by atoms with van der Waals surface area (Å²) >= 11 is 0. The Morgan fingerprint density at radius 2 is 1.93 bits per heavy atom. The molecule has 0 radical (unpaired) electrons. The molecule has 82 valence electrons. The molecule has 0 bridgehead atoms. The van der Waals surface area contributed by atoms with Crippen molar-refractivity contribution in [3.05, 3.63) is 28.8 Å². The van der Waals surface area contributed by atoms with Crippen LogP contribution in [0.2, 0.25) is 0 Å². The van der Waals surface area contributed by atoms with Gasteiger partial charge in [-0.05, 0) is 49.8 Å². The van der Waals surface area contributed by atoms with Crippen LogP contribution in [0.4, 0.5) is 0 Å². The largest absolute Gasteiger partial charge is 0.508 e. The lowest BCUT2D eigenvalue weighted by atomic mass is 9.93. The van der Waals surface area contributed by atoms with Crippen LogP contribution in [0.3, 0.4) is 0 Å². The third-order valence-electron chi connectivity index (χ3n) is 3.26. The van der Waals surface area contributed by atoms with E-state index in [9.17, 15) is 5.11 Å². The van der Waals surface area contributed by atoms with Gasteiger partial charge in [0, 0.05) is 11.6 Å². The zero-order chi connectivity index (χ0) is 10.8. The number of phenols is 1. The molecular formula is C13H19NO. The van der Waals surface area contributed by atoms with Crippen molar-refractivity contribution in [3.8, 4) is 5.75 Å². The van der Waals surface area contributed by atoms with Gasteiger partial charge in [0.05, 0.1) is 0 Å². The highest BCUT2D eigenvalue weighted by atomic mass is 16.3. The molecule has 1 aliphatic rings. The molecule has 1 aromatic carbocycles.